The van der Waals surface area contributed by atoms with E-state index in [2.05, 4.69) is 0 Å². The molecule has 2 aromatic rings. The Morgan fingerprint density at radius 2 is 1.79 bits per heavy atom. The molecule has 0 aromatic heterocycles. The smallest absolute Gasteiger partial charge is 0.261 e. The van der Waals surface area contributed by atoms with Gasteiger partial charge in [0.2, 0.25) is 0 Å². The molecule has 1 saturated heterocycles. The summed E-state index contributed by atoms with van der Waals surface area (Å²) in [6.45, 7) is 0.809. The maximum absolute atomic E-state index is 13.3. The number of hydrogen-bond donors (Lipinski definition) is 0. The molecule has 7 nitrogen and oxygen atoms in total. The van der Waals surface area contributed by atoms with E-state index in [1.807, 2.05) is 0 Å². The van der Waals surface area contributed by atoms with Gasteiger partial charge in [0, 0.05) is 13.0 Å². The zero-order chi connectivity index (χ0) is 20.6. The first-order valence-electron chi connectivity index (χ1n) is 9.41. The number of carbonyl (C=O) groups excluding carboxylic acids is 2. The highest BCUT2D eigenvalue weighted by molar-refractivity contribution is 6.02. The molecule has 2 heterocycles. The zero-order valence-electron chi connectivity index (χ0n) is 16.7. The molecule has 1 spiro atoms. The molecule has 1 unspecified atom stereocenters. The van der Waals surface area contributed by atoms with Crippen molar-refractivity contribution in [2.24, 2.45) is 0 Å². The number of hydrogen-bond acceptors (Lipinski definition) is 6. The molecule has 0 radical (unpaired) electrons. The van der Waals surface area contributed by atoms with Gasteiger partial charge in [-0.05, 0) is 30.3 Å². The van der Waals surface area contributed by atoms with E-state index < -0.39 is 5.60 Å². The van der Waals surface area contributed by atoms with Crippen molar-refractivity contribution >= 4 is 11.7 Å². The third-order valence-electron chi connectivity index (χ3n) is 5.54. The fourth-order valence-electron chi connectivity index (χ4n) is 4.07. The van der Waals surface area contributed by atoms with Crippen LogP contribution >= 0.6 is 0 Å². The van der Waals surface area contributed by atoms with Crippen LogP contribution in [0.3, 0.4) is 0 Å². The van der Waals surface area contributed by atoms with Crippen LogP contribution in [-0.2, 0) is 0 Å². The van der Waals surface area contributed by atoms with Crippen LogP contribution in [0.25, 0.3) is 0 Å². The van der Waals surface area contributed by atoms with Gasteiger partial charge in [-0.25, -0.2) is 0 Å². The van der Waals surface area contributed by atoms with Crippen LogP contribution in [0.4, 0.5) is 0 Å². The quantitative estimate of drug-likeness (QED) is 0.790. The number of ether oxygens (including phenoxy) is 4. The maximum atomic E-state index is 13.3. The normalized spacial score (nSPS) is 20.2. The average molecular weight is 397 g/mol. The fraction of sp³-hybridized carbons (Fsp3) is 0.364. The summed E-state index contributed by atoms with van der Waals surface area (Å²) in [7, 11) is 4.60. The summed E-state index contributed by atoms with van der Waals surface area (Å²) in [5.41, 5.74) is 0.178. The summed E-state index contributed by atoms with van der Waals surface area (Å²) in [6, 6.07) is 10.4. The van der Waals surface area contributed by atoms with Crippen LogP contribution in [0.2, 0.25) is 0 Å². The Hall–Kier alpha value is -3.22. The van der Waals surface area contributed by atoms with Crippen LogP contribution in [0.5, 0.6) is 23.0 Å². The Kier molecular flexibility index (Phi) is 4.82. The van der Waals surface area contributed by atoms with Crippen molar-refractivity contribution in [3.8, 4) is 23.0 Å². The summed E-state index contributed by atoms with van der Waals surface area (Å²) in [4.78, 5) is 27.7. The number of ketones is 1. The molecule has 1 fully saturated rings. The Morgan fingerprint density at radius 3 is 2.45 bits per heavy atom. The van der Waals surface area contributed by atoms with E-state index >= 15 is 0 Å². The minimum absolute atomic E-state index is 0.00526. The fourth-order valence-corrected chi connectivity index (χ4v) is 4.07. The van der Waals surface area contributed by atoms with Gasteiger partial charge in [0.25, 0.3) is 5.91 Å². The summed E-state index contributed by atoms with van der Waals surface area (Å²) in [6.07, 6.45) is 0.799. The number of likely N-dealkylation sites (tertiary alicyclic amines) is 1. The first-order valence-corrected chi connectivity index (χ1v) is 9.41. The molecule has 0 N–H and O–H groups in total. The number of carbonyl (C=O) groups is 2. The molecular weight excluding hydrogens is 374 g/mol. The van der Waals surface area contributed by atoms with Gasteiger partial charge in [0.15, 0.2) is 5.78 Å². The second-order valence-electron chi connectivity index (χ2n) is 7.26. The molecule has 152 valence electrons. The lowest BCUT2D eigenvalue weighted by molar-refractivity contribution is 0.0426. The summed E-state index contributed by atoms with van der Waals surface area (Å²) >= 11 is 0. The number of amides is 1. The van der Waals surface area contributed by atoms with Crippen LogP contribution in [0.15, 0.2) is 36.4 Å². The average Bonchev–Trinajstić information content (AvgIpc) is 3.15. The summed E-state index contributed by atoms with van der Waals surface area (Å²) < 4.78 is 22.2. The molecule has 4 rings (SSSR count). The second kappa shape index (κ2) is 7.31. The van der Waals surface area contributed by atoms with Gasteiger partial charge in [-0.2, -0.15) is 0 Å². The molecule has 2 aliphatic heterocycles. The number of benzene rings is 2. The van der Waals surface area contributed by atoms with Crippen molar-refractivity contribution < 1.29 is 28.5 Å². The minimum atomic E-state index is -0.719. The van der Waals surface area contributed by atoms with E-state index in [1.165, 1.54) is 14.2 Å². The van der Waals surface area contributed by atoms with Crippen molar-refractivity contribution in [1.29, 1.82) is 0 Å². The molecule has 2 aromatic carbocycles. The van der Waals surface area contributed by atoms with Crippen molar-refractivity contribution in [3.63, 3.8) is 0 Å². The third kappa shape index (κ3) is 3.26. The Morgan fingerprint density at radius 1 is 1.07 bits per heavy atom. The monoisotopic (exact) mass is 397 g/mol. The van der Waals surface area contributed by atoms with Crippen LogP contribution < -0.4 is 18.9 Å². The van der Waals surface area contributed by atoms with Gasteiger partial charge < -0.3 is 23.8 Å². The molecular formula is C22H23NO6. The van der Waals surface area contributed by atoms with Crippen molar-refractivity contribution in [2.75, 3.05) is 34.4 Å². The van der Waals surface area contributed by atoms with Crippen LogP contribution in [-0.4, -0.2) is 56.6 Å². The van der Waals surface area contributed by atoms with Crippen molar-refractivity contribution in [1.82, 2.24) is 4.90 Å². The molecule has 7 heteroatoms. The van der Waals surface area contributed by atoms with Gasteiger partial charge in [-0.15, -0.1) is 0 Å². The maximum Gasteiger partial charge on any atom is 0.261 e. The molecule has 2 aliphatic rings. The van der Waals surface area contributed by atoms with Crippen LogP contribution in [0.1, 0.15) is 33.6 Å². The molecule has 1 amide bonds. The van der Waals surface area contributed by atoms with E-state index in [0.717, 1.165) is 0 Å². The standard InChI is InChI=1S/C22H23NO6/c1-26-14-7-8-17-15(11-14)16(24)12-22(29-17)9-10-23(13-22)21(25)20-18(27-2)5-4-6-19(20)28-3/h4-8,11H,9-10,12-13H2,1-3H3. The Balaban J connectivity index is 1.60. The molecule has 0 aliphatic carbocycles. The van der Waals surface area contributed by atoms with E-state index in [4.69, 9.17) is 18.9 Å². The SMILES string of the molecule is COc1ccc2c(c1)C(=O)CC1(CCN(C(=O)c3c(OC)cccc3OC)C1)O2. The first-order chi connectivity index (χ1) is 14.0. The highest BCUT2D eigenvalue weighted by atomic mass is 16.5. The molecule has 29 heavy (non-hydrogen) atoms. The van der Waals surface area contributed by atoms with E-state index in [0.29, 0.717) is 53.6 Å². The van der Waals surface area contributed by atoms with E-state index in [1.54, 1.807) is 48.4 Å². The number of Topliss-reactive ketones (excluding diaryl/α,β-unsaturated/α-hetero) is 1. The Labute approximate surface area is 169 Å². The Bertz CT molecular complexity index is 950. The summed E-state index contributed by atoms with van der Waals surface area (Å²) in [5, 5.41) is 0. The third-order valence-corrected chi connectivity index (χ3v) is 5.54. The molecule has 1 atom stereocenters. The van der Waals surface area contributed by atoms with Crippen molar-refractivity contribution in [3.05, 3.63) is 47.5 Å². The van der Waals surface area contributed by atoms with Crippen molar-refractivity contribution in [2.45, 2.75) is 18.4 Å². The highest BCUT2D eigenvalue weighted by Crippen LogP contribution is 2.41. The highest BCUT2D eigenvalue weighted by Gasteiger charge is 2.47. The lowest BCUT2D eigenvalue weighted by Gasteiger charge is -2.34. The number of nitrogens with zero attached hydrogens (tertiary/aromatic N) is 1. The number of methoxy groups -OCH3 is 3. The number of fused-ring (bicyclic) bond motifs is 1. The van der Waals surface area contributed by atoms with E-state index in [9.17, 15) is 9.59 Å². The first kappa shape index (κ1) is 19.1. The van der Waals surface area contributed by atoms with Gasteiger partial charge in [0.1, 0.15) is 34.2 Å². The largest absolute Gasteiger partial charge is 0.497 e. The van der Waals surface area contributed by atoms with Gasteiger partial charge in [0.05, 0.1) is 39.9 Å². The topological polar surface area (TPSA) is 74.3 Å². The second-order valence-corrected chi connectivity index (χ2v) is 7.26. The lowest BCUT2D eigenvalue weighted by Crippen LogP contribution is -2.45. The van der Waals surface area contributed by atoms with Gasteiger partial charge in [-0.3, -0.25) is 9.59 Å². The molecule has 0 saturated carbocycles. The van der Waals surface area contributed by atoms with E-state index in [-0.39, 0.29) is 18.1 Å². The lowest BCUT2D eigenvalue weighted by atomic mass is 9.89. The summed E-state index contributed by atoms with van der Waals surface area (Å²) in [5.74, 6) is 1.85. The minimum Gasteiger partial charge on any atom is -0.497 e. The van der Waals surface area contributed by atoms with Gasteiger partial charge >= 0.3 is 0 Å². The van der Waals surface area contributed by atoms with Crippen LogP contribution in [0, 0.1) is 0 Å². The number of rotatable bonds is 4. The predicted octanol–water partition coefficient (Wildman–Crippen LogP) is 2.96. The zero-order valence-corrected chi connectivity index (χ0v) is 16.7. The molecule has 0 bridgehead atoms. The van der Waals surface area contributed by atoms with Gasteiger partial charge in [-0.1, -0.05) is 6.07 Å². The predicted molar refractivity (Wildman–Crippen MR) is 105 cm³/mol.